The van der Waals surface area contributed by atoms with Crippen LogP contribution < -0.4 is 19.7 Å². The van der Waals surface area contributed by atoms with Gasteiger partial charge < -0.3 is 19.7 Å². The van der Waals surface area contributed by atoms with Crippen LogP contribution in [0, 0.1) is 0 Å². The third-order valence-corrected chi connectivity index (χ3v) is 4.62. The minimum absolute atomic E-state index is 0.0107. The second-order valence-corrected chi connectivity index (χ2v) is 6.26. The van der Waals surface area contributed by atoms with E-state index in [-0.39, 0.29) is 11.9 Å². The van der Waals surface area contributed by atoms with Crippen LogP contribution in [0.2, 0.25) is 0 Å². The molecule has 132 valence electrons. The fraction of sp³-hybridized carbons (Fsp3) is 0.350. The zero-order valence-electron chi connectivity index (χ0n) is 14.9. The molecule has 5 heteroatoms. The lowest BCUT2D eigenvalue weighted by Crippen LogP contribution is -2.37. The molecule has 0 saturated carbocycles. The maximum absolute atomic E-state index is 12.5. The number of nitrogens with one attached hydrogen (secondary N) is 1. The van der Waals surface area contributed by atoms with E-state index in [0.717, 1.165) is 18.5 Å². The van der Waals surface area contributed by atoms with E-state index in [9.17, 15) is 4.79 Å². The second kappa shape index (κ2) is 7.47. The molecule has 3 rings (SSSR count). The Bertz CT molecular complexity index is 760. The Hall–Kier alpha value is -2.69. The molecule has 0 aromatic heterocycles. The van der Waals surface area contributed by atoms with Gasteiger partial charge >= 0.3 is 0 Å². The van der Waals surface area contributed by atoms with Crippen LogP contribution >= 0.6 is 0 Å². The number of nitrogens with zero attached hydrogens (tertiary/aromatic N) is 1. The highest BCUT2D eigenvalue weighted by molar-refractivity contribution is 5.79. The van der Waals surface area contributed by atoms with Crippen LogP contribution in [0.5, 0.6) is 11.5 Å². The van der Waals surface area contributed by atoms with Gasteiger partial charge in [-0.05, 0) is 35.7 Å². The second-order valence-electron chi connectivity index (χ2n) is 6.26. The lowest BCUT2D eigenvalue weighted by Gasteiger charge is -2.33. The van der Waals surface area contributed by atoms with Gasteiger partial charge in [0, 0.05) is 19.3 Å². The van der Waals surface area contributed by atoms with Crippen LogP contribution in [0.15, 0.2) is 42.5 Å². The summed E-state index contributed by atoms with van der Waals surface area (Å²) in [6, 6.07) is 13.9. The third kappa shape index (κ3) is 3.71. The minimum atomic E-state index is 0.0107. The van der Waals surface area contributed by atoms with E-state index in [0.29, 0.717) is 17.9 Å². The molecule has 2 aromatic carbocycles. The summed E-state index contributed by atoms with van der Waals surface area (Å²) < 4.78 is 10.5. The van der Waals surface area contributed by atoms with Crippen molar-refractivity contribution >= 4 is 11.6 Å². The van der Waals surface area contributed by atoms with Gasteiger partial charge in [0.2, 0.25) is 5.91 Å². The van der Waals surface area contributed by atoms with Crippen LogP contribution in [-0.2, 0) is 11.2 Å². The summed E-state index contributed by atoms with van der Waals surface area (Å²) in [7, 11) is 5.28. The SMILES string of the molecule is COc1ccc(CC(=O)NC2CCN(C)c3ccccc32)cc1OC. The molecule has 5 nitrogen and oxygen atoms in total. The number of ether oxygens (including phenoxy) is 2. The highest BCUT2D eigenvalue weighted by atomic mass is 16.5. The molecular formula is C20H24N2O3. The predicted molar refractivity (Wildman–Crippen MR) is 98.5 cm³/mol. The van der Waals surface area contributed by atoms with Crippen molar-refractivity contribution < 1.29 is 14.3 Å². The quantitative estimate of drug-likeness (QED) is 0.909. The van der Waals surface area contributed by atoms with Gasteiger partial charge in [0.25, 0.3) is 0 Å². The summed E-state index contributed by atoms with van der Waals surface area (Å²) in [5.74, 6) is 1.31. The van der Waals surface area contributed by atoms with E-state index in [4.69, 9.17) is 9.47 Å². The first-order valence-corrected chi connectivity index (χ1v) is 8.42. The third-order valence-electron chi connectivity index (χ3n) is 4.62. The Kier molecular flexibility index (Phi) is 5.12. The van der Waals surface area contributed by atoms with Crippen molar-refractivity contribution in [2.75, 3.05) is 32.7 Å². The zero-order valence-corrected chi connectivity index (χ0v) is 14.9. The molecule has 0 spiro atoms. The Labute approximate surface area is 148 Å². The molecule has 1 heterocycles. The Morgan fingerprint density at radius 2 is 1.92 bits per heavy atom. The number of carbonyl (C=O) groups is 1. The summed E-state index contributed by atoms with van der Waals surface area (Å²) in [4.78, 5) is 14.8. The van der Waals surface area contributed by atoms with Gasteiger partial charge in [0.05, 0.1) is 26.7 Å². The number of fused-ring (bicyclic) bond motifs is 1. The standard InChI is InChI=1S/C20H24N2O3/c1-22-11-10-16(15-6-4-5-7-17(15)22)21-20(23)13-14-8-9-18(24-2)19(12-14)25-3/h4-9,12,16H,10-11,13H2,1-3H3,(H,21,23). The lowest BCUT2D eigenvalue weighted by atomic mass is 9.96. The highest BCUT2D eigenvalue weighted by Gasteiger charge is 2.24. The molecule has 0 fully saturated rings. The van der Waals surface area contributed by atoms with E-state index >= 15 is 0 Å². The van der Waals surface area contributed by atoms with Crippen molar-refractivity contribution in [2.24, 2.45) is 0 Å². The van der Waals surface area contributed by atoms with Crippen LogP contribution in [0.25, 0.3) is 0 Å². The largest absolute Gasteiger partial charge is 0.493 e. The van der Waals surface area contributed by atoms with Crippen LogP contribution in [-0.4, -0.2) is 33.7 Å². The molecule has 1 amide bonds. The van der Waals surface area contributed by atoms with Gasteiger partial charge in [-0.2, -0.15) is 0 Å². The molecule has 1 unspecified atom stereocenters. The molecule has 0 aliphatic carbocycles. The summed E-state index contributed by atoms with van der Waals surface area (Å²) in [6.07, 6.45) is 1.22. The summed E-state index contributed by atoms with van der Waals surface area (Å²) in [5.41, 5.74) is 3.26. The van der Waals surface area contributed by atoms with Gasteiger partial charge in [0.1, 0.15) is 0 Å². The van der Waals surface area contributed by atoms with Crippen LogP contribution in [0.3, 0.4) is 0 Å². The van der Waals surface area contributed by atoms with Crippen molar-refractivity contribution in [1.82, 2.24) is 5.32 Å². The summed E-state index contributed by atoms with van der Waals surface area (Å²) in [6.45, 7) is 0.929. The smallest absolute Gasteiger partial charge is 0.224 e. The van der Waals surface area contributed by atoms with Crippen LogP contribution in [0.4, 0.5) is 5.69 Å². The maximum Gasteiger partial charge on any atom is 0.224 e. The number of anilines is 1. The topological polar surface area (TPSA) is 50.8 Å². The molecule has 1 aliphatic heterocycles. The average Bonchev–Trinajstić information content (AvgIpc) is 2.64. The number of methoxy groups -OCH3 is 2. The number of hydrogen-bond donors (Lipinski definition) is 1. The molecule has 0 radical (unpaired) electrons. The number of para-hydroxylation sites is 1. The van der Waals surface area contributed by atoms with E-state index in [2.05, 4.69) is 29.4 Å². The number of benzene rings is 2. The van der Waals surface area contributed by atoms with Gasteiger partial charge in [-0.15, -0.1) is 0 Å². The fourth-order valence-corrected chi connectivity index (χ4v) is 3.30. The number of hydrogen-bond acceptors (Lipinski definition) is 4. The number of amides is 1. The van der Waals surface area contributed by atoms with Gasteiger partial charge in [0.15, 0.2) is 11.5 Å². The summed E-state index contributed by atoms with van der Waals surface area (Å²) in [5, 5.41) is 3.17. The van der Waals surface area contributed by atoms with E-state index in [1.807, 2.05) is 30.3 Å². The zero-order chi connectivity index (χ0) is 17.8. The first kappa shape index (κ1) is 17.1. The number of rotatable bonds is 5. The maximum atomic E-state index is 12.5. The van der Waals surface area contributed by atoms with Gasteiger partial charge in [-0.3, -0.25) is 4.79 Å². The molecule has 25 heavy (non-hydrogen) atoms. The molecule has 0 bridgehead atoms. The van der Waals surface area contributed by atoms with Crippen molar-refractivity contribution in [2.45, 2.75) is 18.9 Å². The Balaban J connectivity index is 1.70. The Morgan fingerprint density at radius 1 is 1.16 bits per heavy atom. The normalized spacial score (nSPS) is 16.1. The Morgan fingerprint density at radius 3 is 2.68 bits per heavy atom. The van der Waals surface area contributed by atoms with Crippen molar-refractivity contribution in [3.63, 3.8) is 0 Å². The van der Waals surface area contributed by atoms with E-state index < -0.39 is 0 Å². The van der Waals surface area contributed by atoms with Crippen LogP contribution in [0.1, 0.15) is 23.6 Å². The first-order valence-electron chi connectivity index (χ1n) is 8.42. The molecular weight excluding hydrogens is 316 g/mol. The van der Waals surface area contributed by atoms with Crippen molar-refractivity contribution in [1.29, 1.82) is 0 Å². The first-order chi connectivity index (χ1) is 12.1. The molecule has 1 N–H and O–H groups in total. The number of carbonyl (C=O) groups excluding carboxylic acids is 1. The predicted octanol–water partition coefficient (Wildman–Crippen LogP) is 2.94. The minimum Gasteiger partial charge on any atom is -0.493 e. The highest BCUT2D eigenvalue weighted by Crippen LogP contribution is 2.33. The average molecular weight is 340 g/mol. The van der Waals surface area contributed by atoms with Crippen molar-refractivity contribution in [3.05, 3.63) is 53.6 Å². The molecule has 1 aliphatic rings. The molecule has 0 saturated heterocycles. The molecule has 2 aromatic rings. The van der Waals surface area contributed by atoms with Gasteiger partial charge in [-0.1, -0.05) is 24.3 Å². The summed E-state index contributed by atoms with van der Waals surface area (Å²) >= 11 is 0. The van der Waals surface area contributed by atoms with Crippen molar-refractivity contribution in [3.8, 4) is 11.5 Å². The van der Waals surface area contributed by atoms with Gasteiger partial charge in [-0.25, -0.2) is 0 Å². The monoisotopic (exact) mass is 340 g/mol. The fourth-order valence-electron chi connectivity index (χ4n) is 3.30. The van der Waals surface area contributed by atoms with E-state index in [1.165, 1.54) is 11.3 Å². The molecule has 1 atom stereocenters. The van der Waals surface area contributed by atoms with E-state index in [1.54, 1.807) is 14.2 Å². The lowest BCUT2D eigenvalue weighted by molar-refractivity contribution is -0.121.